The molecule has 3 rings (SSSR count). The third-order valence-electron chi connectivity index (χ3n) is 3.28. The van der Waals surface area contributed by atoms with E-state index in [4.69, 9.17) is 9.47 Å². The summed E-state index contributed by atoms with van der Waals surface area (Å²) < 4.78 is 11.7. The van der Waals surface area contributed by atoms with Gasteiger partial charge < -0.3 is 14.8 Å². The zero-order valence-electron chi connectivity index (χ0n) is 12.1. The summed E-state index contributed by atoms with van der Waals surface area (Å²) in [6.45, 7) is 4.47. The Morgan fingerprint density at radius 3 is 2.71 bits per heavy atom. The first-order chi connectivity index (χ1) is 10.1. The van der Waals surface area contributed by atoms with Crippen LogP contribution in [0.4, 0.5) is 5.82 Å². The van der Waals surface area contributed by atoms with Crippen LogP contribution in [0.5, 0.6) is 11.5 Å². The van der Waals surface area contributed by atoms with Crippen LogP contribution in [0.1, 0.15) is 25.5 Å². The smallest absolute Gasteiger partial charge is 0.231 e. The Morgan fingerprint density at radius 2 is 2.00 bits per heavy atom. The van der Waals surface area contributed by atoms with Crippen LogP contribution < -0.4 is 14.8 Å². The maximum atomic E-state index is 5.45. The van der Waals surface area contributed by atoms with E-state index in [1.165, 1.54) is 0 Å². The highest BCUT2D eigenvalue weighted by molar-refractivity contribution is 9.10. The topological polar surface area (TPSA) is 56.3 Å². The number of nitrogens with one attached hydrogen (secondary N) is 1. The monoisotopic (exact) mass is 349 g/mol. The number of rotatable bonds is 3. The fraction of sp³-hybridized carbons (Fsp3) is 0.333. The average molecular weight is 350 g/mol. The number of anilines is 1. The van der Waals surface area contributed by atoms with E-state index < -0.39 is 0 Å². The number of nitrogens with zero attached hydrogens (tertiary/aromatic N) is 2. The largest absolute Gasteiger partial charge is 0.454 e. The minimum absolute atomic E-state index is 0.242. The number of benzene rings is 1. The summed E-state index contributed by atoms with van der Waals surface area (Å²) in [7, 11) is 1.85. The molecular weight excluding hydrogens is 334 g/mol. The third kappa shape index (κ3) is 2.68. The standard InChI is InChI=1S/C15H16BrN3O2/c1-8(2)11-6-13(17-3)19-15(18-11)9-4-10(16)14-12(5-9)20-7-21-14/h4-6,8H,7H2,1-3H3,(H,17,18,19). The van der Waals surface area contributed by atoms with Crippen molar-refractivity contribution in [2.24, 2.45) is 0 Å². The lowest BCUT2D eigenvalue weighted by atomic mass is 10.1. The molecule has 0 radical (unpaired) electrons. The van der Waals surface area contributed by atoms with Crippen LogP contribution >= 0.6 is 15.9 Å². The van der Waals surface area contributed by atoms with E-state index in [1.807, 2.05) is 25.2 Å². The van der Waals surface area contributed by atoms with Crippen LogP contribution in [0.3, 0.4) is 0 Å². The lowest BCUT2D eigenvalue weighted by Crippen LogP contribution is -2.02. The van der Waals surface area contributed by atoms with Gasteiger partial charge in [0.05, 0.1) is 4.47 Å². The molecule has 0 spiro atoms. The van der Waals surface area contributed by atoms with E-state index >= 15 is 0 Å². The molecule has 1 aliphatic rings. The molecule has 1 N–H and O–H groups in total. The lowest BCUT2D eigenvalue weighted by molar-refractivity contribution is 0.173. The molecule has 0 amide bonds. The summed E-state index contributed by atoms with van der Waals surface area (Å²) in [5.74, 6) is 3.25. The molecule has 6 heteroatoms. The highest BCUT2D eigenvalue weighted by atomic mass is 79.9. The molecule has 0 unspecified atom stereocenters. The van der Waals surface area contributed by atoms with Crippen molar-refractivity contribution in [3.63, 3.8) is 0 Å². The van der Waals surface area contributed by atoms with Gasteiger partial charge in [-0.2, -0.15) is 0 Å². The Kier molecular flexibility index (Phi) is 3.71. The van der Waals surface area contributed by atoms with Crippen LogP contribution in [-0.2, 0) is 0 Å². The highest BCUT2D eigenvalue weighted by Crippen LogP contribution is 2.42. The Bertz CT molecular complexity index is 689. The summed E-state index contributed by atoms with van der Waals surface area (Å²) in [5.41, 5.74) is 1.89. The van der Waals surface area contributed by atoms with Gasteiger partial charge in [-0.25, -0.2) is 9.97 Å². The Balaban J connectivity index is 2.12. The van der Waals surface area contributed by atoms with Gasteiger partial charge in [-0.3, -0.25) is 0 Å². The minimum atomic E-state index is 0.242. The van der Waals surface area contributed by atoms with Gasteiger partial charge in [-0.05, 0) is 34.0 Å². The molecule has 21 heavy (non-hydrogen) atoms. The molecule has 0 fully saturated rings. The first kappa shape index (κ1) is 14.1. The predicted octanol–water partition coefficient (Wildman–Crippen LogP) is 3.80. The zero-order valence-corrected chi connectivity index (χ0v) is 13.7. The Morgan fingerprint density at radius 1 is 1.19 bits per heavy atom. The number of aromatic nitrogens is 2. The van der Waals surface area contributed by atoms with Crippen molar-refractivity contribution in [2.75, 3.05) is 19.2 Å². The maximum Gasteiger partial charge on any atom is 0.231 e. The number of fused-ring (bicyclic) bond motifs is 1. The third-order valence-corrected chi connectivity index (χ3v) is 3.87. The van der Waals surface area contributed by atoms with Gasteiger partial charge in [0, 0.05) is 24.4 Å². The minimum Gasteiger partial charge on any atom is -0.454 e. The van der Waals surface area contributed by atoms with Gasteiger partial charge in [0.2, 0.25) is 6.79 Å². The van der Waals surface area contributed by atoms with E-state index in [9.17, 15) is 0 Å². The molecule has 5 nitrogen and oxygen atoms in total. The quantitative estimate of drug-likeness (QED) is 0.913. The first-order valence-corrected chi connectivity index (χ1v) is 7.54. The van der Waals surface area contributed by atoms with Gasteiger partial charge in [0.1, 0.15) is 5.82 Å². The molecule has 0 saturated carbocycles. The second-order valence-corrected chi connectivity index (χ2v) is 5.95. The molecule has 2 heterocycles. The molecule has 110 valence electrons. The van der Waals surface area contributed by atoms with Gasteiger partial charge in [0.25, 0.3) is 0 Å². The molecule has 2 aromatic rings. The van der Waals surface area contributed by atoms with Crippen molar-refractivity contribution < 1.29 is 9.47 Å². The van der Waals surface area contributed by atoms with E-state index in [0.717, 1.165) is 27.3 Å². The van der Waals surface area contributed by atoms with Crippen LogP contribution in [0.2, 0.25) is 0 Å². The van der Waals surface area contributed by atoms with Crippen LogP contribution in [0.25, 0.3) is 11.4 Å². The summed E-state index contributed by atoms with van der Waals surface area (Å²) in [5, 5.41) is 3.08. The molecule has 1 aromatic carbocycles. The van der Waals surface area contributed by atoms with Crippen molar-refractivity contribution in [1.82, 2.24) is 9.97 Å². The Labute approximate surface area is 131 Å². The van der Waals surface area contributed by atoms with Crippen molar-refractivity contribution in [3.05, 3.63) is 28.4 Å². The number of hydrogen-bond donors (Lipinski definition) is 1. The average Bonchev–Trinajstić information content (AvgIpc) is 2.95. The van der Waals surface area contributed by atoms with Crippen molar-refractivity contribution >= 4 is 21.7 Å². The van der Waals surface area contributed by atoms with Crippen molar-refractivity contribution in [1.29, 1.82) is 0 Å². The molecule has 0 saturated heterocycles. The van der Waals surface area contributed by atoms with E-state index in [2.05, 4.69) is 45.1 Å². The fourth-order valence-corrected chi connectivity index (χ4v) is 2.67. The predicted molar refractivity (Wildman–Crippen MR) is 84.9 cm³/mol. The fourth-order valence-electron chi connectivity index (χ4n) is 2.12. The molecule has 0 aliphatic carbocycles. The van der Waals surface area contributed by atoms with Crippen LogP contribution in [0, 0.1) is 0 Å². The van der Waals surface area contributed by atoms with Gasteiger partial charge in [0.15, 0.2) is 17.3 Å². The second kappa shape index (κ2) is 5.52. The number of hydrogen-bond acceptors (Lipinski definition) is 5. The molecule has 1 aromatic heterocycles. The Hall–Kier alpha value is -1.82. The van der Waals surface area contributed by atoms with E-state index in [1.54, 1.807) is 0 Å². The summed E-state index contributed by atoms with van der Waals surface area (Å²) in [6.07, 6.45) is 0. The first-order valence-electron chi connectivity index (χ1n) is 6.74. The number of ether oxygens (including phenoxy) is 2. The van der Waals surface area contributed by atoms with Gasteiger partial charge in [-0.15, -0.1) is 0 Å². The summed E-state index contributed by atoms with van der Waals surface area (Å²) >= 11 is 3.50. The van der Waals surface area contributed by atoms with Gasteiger partial charge >= 0.3 is 0 Å². The van der Waals surface area contributed by atoms with E-state index in [-0.39, 0.29) is 6.79 Å². The molecular formula is C15H16BrN3O2. The summed E-state index contributed by atoms with van der Waals surface area (Å²) in [6, 6.07) is 5.83. The zero-order chi connectivity index (χ0) is 15.0. The summed E-state index contributed by atoms with van der Waals surface area (Å²) in [4.78, 5) is 9.18. The van der Waals surface area contributed by atoms with Gasteiger partial charge in [-0.1, -0.05) is 13.8 Å². The molecule has 0 bridgehead atoms. The lowest BCUT2D eigenvalue weighted by Gasteiger charge is -2.11. The van der Waals surface area contributed by atoms with Crippen molar-refractivity contribution in [2.45, 2.75) is 19.8 Å². The maximum absolute atomic E-state index is 5.45. The SMILES string of the molecule is CNc1cc(C(C)C)nc(-c2cc(Br)c3c(c2)OCO3)n1. The molecule has 0 atom stereocenters. The van der Waals surface area contributed by atoms with Crippen LogP contribution in [-0.4, -0.2) is 23.8 Å². The highest BCUT2D eigenvalue weighted by Gasteiger charge is 2.20. The van der Waals surface area contributed by atoms with Crippen molar-refractivity contribution in [3.8, 4) is 22.9 Å². The van der Waals surface area contributed by atoms with E-state index in [0.29, 0.717) is 17.5 Å². The normalized spacial score (nSPS) is 12.8. The van der Waals surface area contributed by atoms with Crippen LogP contribution in [0.15, 0.2) is 22.7 Å². The number of halogens is 1. The second-order valence-electron chi connectivity index (χ2n) is 5.10. The molecule has 1 aliphatic heterocycles.